The Bertz CT molecular complexity index is 695. The van der Waals surface area contributed by atoms with Crippen molar-refractivity contribution in [1.29, 1.82) is 0 Å². The molecule has 2 aliphatic heterocycles. The number of nitrogens with zero attached hydrogens (tertiary/aromatic N) is 2. The van der Waals surface area contributed by atoms with Crippen LogP contribution in [0, 0.1) is 0 Å². The van der Waals surface area contributed by atoms with Crippen LogP contribution in [0.25, 0.3) is 0 Å². The third kappa shape index (κ3) is 3.61. The first kappa shape index (κ1) is 18.5. The molecule has 0 aromatic heterocycles. The van der Waals surface area contributed by atoms with Gasteiger partial charge < -0.3 is 29.7 Å². The van der Waals surface area contributed by atoms with Crippen molar-refractivity contribution in [2.75, 3.05) is 53.6 Å². The molecule has 8 nitrogen and oxygen atoms in total. The van der Waals surface area contributed by atoms with Gasteiger partial charge in [0.05, 0.1) is 20.2 Å². The molecular weight excluding hydrogens is 338 g/mol. The first-order chi connectivity index (χ1) is 12.5. The minimum absolute atomic E-state index is 0.0294. The molecule has 1 unspecified atom stereocenters. The van der Waals surface area contributed by atoms with E-state index in [1.807, 2.05) is 0 Å². The molecule has 2 fully saturated rings. The number of amides is 2. The topological polar surface area (TPSA) is 94.3 Å². The summed E-state index contributed by atoms with van der Waals surface area (Å²) in [6.07, 6.45) is 0.713. The first-order valence-corrected chi connectivity index (χ1v) is 8.66. The minimum Gasteiger partial charge on any atom is -0.493 e. The predicted octanol–water partition coefficient (Wildman–Crippen LogP) is 0.106. The Balaban J connectivity index is 1.71. The normalized spacial score (nSPS) is 22.8. The molecule has 2 saturated heterocycles. The number of morpholine rings is 1. The fourth-order valence-electron chi connectivity index (χ4n) is 3.43. The van der Waals surface area contributed by atoms with Crippen LogP contribution < -0.4 is 15.2 Å². The van der Waals surface area contributed by atoms with Crippen LogP contribution in [0.2, 0.25) is 0 Å². The minimum atomic E-state index is -0.466. The standard InChI is InChI=1S/C18H25N3O5/c1-20-11-18(26-10-16(20)22)5-7-21(12-18)17(23)13-3-4-14(25-8-6-19)15(9-13)24-2/h3-4,9H,5-8,10-12,19H2,1-2H3. The summed E-state index contributed by atoms with van der Waals surface area (Å²) >= 11 is 0. The molecule has 1 aromatic rings. The van der Waals surface area contributed by atoms with E-state index < -0.39 is 5.60 Å². The van der Waals surface area contributed by atoms with Crippen molar-refractivity contribution in [2.45, 2.75) is 12.0 Å². The molecule has 1 aromatic carbocycles. The van der Waals surface area contributed by atoms with E-state index in [-0.39, 0.29) is 18.4 Å². The summed E-state index contributed by atoms with van der Waals surface area (Å²) in [5, 5.41) is 0. The van der Waals surface area contributed by atoms with E-state index in [0.29, 0.717) is 56.3 Å². The molecule has 0 saturated carbocycles. The van der Waals surface area contributed by atoms with Crippen molar-refractivity contribution < 1.29 is 23.8 Å². The Labute approximate surface area is 152 Å². The maximum absolute atomic E-state index is 12.9. The van der Waals surface area contributed by atoms with Gasteiger partial charge in [-0.3, -0.25) is 9.59 Å². The summed E-state index contributed by atoms with van der Waals surface area (Å²) in [5.74, 6) is 0.938. The number of methoxy groups -OCH3 is 1. The fourth-order valence-corrected chi connectivity index (χ4v) is 3.43. The number of carbonyl (C=O) groups is 2. The summed E-state index contributed by atoms with van der Waals surface area (Å²) in [5.41, 5.74) is 5.51. The second-order valence-corrected chi connectivity index (χ2v) is 6.70. The highest BCUT2D eigenvalue weighted by Crippen LogP contribution is 2.32. The highest BCUT2D eigenvalue weighted by atomic mass is 16.5. The Morgan fingerprint density at radius 3 is 2.85 bits per heavy atom. The summed E-state index contributed by atoms with van der Waals surface area (Å²) < 4.78 is 16.6. The molecule has 0 bridgehead atoms. The lowest BCUT2D eigenvalue weighted by Gasteiger charge is -2.38. The number of carbonyl (C=O) groups excluding carboxylic acids is 2. The van der Waals surface area contributed by atoms with E-state index >= 15 is 0 Å². The Hall–Kier alpha value is -2.32. The summed E-state index contributed by atoms with van der Waals surface area (Å²) in [6, 6.07) is 5.12. The van der Waals surface area contributed by atoms with Crippen LogP contribution in [0.3, 0.4) is 0 Å². The van der Waals surface area contributed by atoms with Crippen molar-refractivity contribution in [1.82, 2.24) is 9.80 Å². The fraction of sp³-hybridized carbons (Fsp3) is 0.556. The number of likely N-dealkylation sites (tertiary alicyclic amines) is 1. The zero-order chi connectivity index (χ0) is 18.7. The molecule has 2 aliphatic rings. The lowest BCUT2D eigenvalue weighted by molar-refractivity contribution is -0.158. The molecule has 2 amide bonds. The van der Waals surface area contributed by atoms with Crippen LogP contribution in [-0.4, -0.2) is 80.8 Å². The lowest BCUT2D eigenvalue weighted by Crippen LogP contribution is -2.54. The van der Waals surface area contributed by atoms with Gasteiger partial charge >= 0.3 is 0 Å². The van der Waals surface area contributed by atoms with Gasteiger partial charge in [-0.2, -0.15) is 0 Å². The number of nitrogens with two attached hydrogens (primary N) is 1. The molecule has 3 rings (SSSR count). The molecule has 2 heterocycles. The maximum atomic E-state index is 12.9. The van der Waals surface area contributed by atoms with Crippen molar-refractivity contribution in [2.24, 2.45) is 5.73 Å². The van der Waals surface area contributed by atoms with E-state index in [2.05, 4.69) is 0 Å². The predicted molar refractivity (Wildman–Crippen MR) is 94.4 cm³/mol. The summed E-state index contributed by atoms with van der Waals surface area (Å²) in [7, 11) is 3.30. The van der Waals surface area contributed by atoms with Crippen LogP contribution in [0.5, 0.6) is 11.5 Å². The van der Waals surface area contributed by atoms with Gasteiger partial charge in [0.25, 0.3) is 5.91 Å². The van der Waals surface area contributed by atoms with E-state index in [4.69, 9.17) is 19.9 Å². The van der Waals surface area contributed by atoms with Crippen LogP contribution in [-0.2, 0) is 9.53 Å². The van der Waals surface area contributed by atoms with Crippen LogP contribution >= 0.6 is 0 Å². The van der Waals surface area contributed by atoms with Crippen LogP contribution in [0.15, 0.2) is 18.2 Å². The van der Waals surface area contributed by atoms with E-state index in [1.165, 1.54) is 7.11 Å². The van der Waals surface area contributed by atoms with Crippen molar-refractivity contribution in [3.8, 4) is 11.5 Å². The van der Waals surface area contributed by atoms with Crippen molar-refractivity contribution >= 4 is 11.8 Å². The highest BCUT2D eigenvalue weighted by molar-refractivity contribution is 5.95. The zero-order valence-corrected chi connectivity index (χ0v) is 15.2. The number of likely N-dealkylation sites (N-methyl/N-ethyl adjacent to an activating group) is 1. The first-order valence-electron chi connectivity index (χ1n) is 8.66. The summed E-state index contributed by atoms with van der Waals surface area (Å²) in [4.78, 5) is 28.0. The number of ether oxygens (including phenoxy) is 3. The second kappa shape index (κ2) is 7.51. The summed E-state index contributed by atoms with van der Waals surface area (Å²) in [6.45, 7) is 2.41. The van der Waals surface area contributed by atoms with E-state index in [0.717, 1.165) is 0 Å². The van der Waals surface area contributed by atoms with Gasteiger partial charge in [0, 0.05) is 25.7 Å². The van der Waals surface area contributed by atoms with Gasteiger partial charge in [0.15, 0.2) is 11.5 Å². The third-order valence-electron chi connectivity index (χ3n) is 4.84. The molecule has 142 valence electrons. The van der Waals surface area contributed by atoms with Crippen molar-refractivity contribution in [3.05, 3.63) is 23.8 Å². The molecule has 1 spiro atoms. The number of hydrogen-bond donors (Lipinski definition) is 1. The SMILES string of the molecule is COc1cc(C(=O)N2CCC3(CN(C)C(=O)CO3)C2)ccc1OCCN. The molecule has 1 atom stereocenters. The largest absolute Gasteiger partial charge is 0.493 e. The smallest absolute Gasteiger partial charge is 0.254 e. The molecule has 8 heteroatoms. The Morgan fingerprint density at radius 2 is 2.15 bits per heavy atom. The average molecular weight is 363 g/mol. The molecule has 0 aliphatic carbocycles. The zero-order valence-electron chi connectivity index (χ0n) is 15.2. The van der Waals surface area contributed by atoms with Gasteiger partial charge in [-0.1, -0.05) is 0 Å². The van der Waals surface area contributed by atoms with Crippen LogP contribution in [0.4, 0.5) is 0 Å². The van der Waals surface area contributed by atoms with Crippen LogP contribution in [0.1, 0.15) is 16.8 Å². The Kier molecular flexibility index (Phi) is 5.33. The Morgan fingerprint density at radius 1 is 1.35 bits per heavy atom. The molecule has 26 heavy (non-hydrogen) atoms. The quantitative estimate of drug-likeness (QED) is 0.798. The number of rotatable bonds is 5. The van der Waals surface area contributed by atoms with Gasteiger partial charge in [-0.05, 0) is 24.6 Å². The van der Waals surface area contributed by atoms with Gasteiger partial charge in [-0.25, -0.2) is 0 Å². The third-order valence-corrected chi connectivity index (χ3v) is 4.84. The second-order valence-electron chi connectivity index (χ2n) is 6.70. The van der Waals surface area contributed by atoms with E-state index in [9.17, 15) is 9.59 Å². The van der Waals surface area contributed by atoms with Gasteiger partial charge in [0.2, 0.25) is 5.91 Å². The lowest BCUT2D eigenvalue weighted by atomic mass is 10.0. The maximum Gasteiger partial charge on any atom is 0.254 e. The van der Waals surface area contributed by atoms with E-state index in [1.54, 1.807) is 35.0 Å². The molecule has 2 N–H and O–H groups in total. The van der Waals surface area contributed by atoms with Gasteiger partial charge in [-0.15, -0.1) is 0 Å². The molecule has 0 radical (unpaired) electrons. The van der Waals surface area contributed by atoms with Gasteiger partial charge in [0.1, 0.15) is 18.8 Å². The highest BCUT2D eigenvalue weighted by Gasteiger charge is 2.45. The monoisotopic (exact) mass is 363 g/mol. The average Bonchev–Trinajstić information content (AvgIpc) is 3.06. The molecular formula is C18H25N3O5. The number of hydrogen-bond acceptors (Lipinski definition) is 6. The van der Waals surface area contributed by atoms with Crippen molar-refractivity contribution in [3.63, 3.8) is 0 Å². The number of benzene rings is 1.